The van der Waals surface area contributed by atoms with Gasteiger partial charge in [0, 0.05) is 6.42 Å². The van der Waals surface area contributed by atoms with E-state index in [1.807, 2.05) is 6.08 Å². The van der Waals surface area contributed by atoms with Crippen LogP contribution in [0.5, 0.6) is 0 Å². The van der Waals surface area contributed by atoms with E-state index in [0.29, 0.717) is 6.42 Å². The Morgan fingerprint density at radius 1 is 0.490 bits per heavy atom. The van der Waals surface area contributed by atoms with Crippen LogP contribution in [0.4, 0.5) is 0 Å². The lowest BCUT2D eigenvalue weighted by atomic mass is 10.1. The lowest BCUT2D eigenvalue weighted by Gasteiger charge is -2.19. The minimum atomic E-state index is -0.893. The first kappa shape index (κ1) is 48.0. The number of aliphatic hydroxyl groups excluding tert-OH is 2. The average molecular weight is 704 g/mol. The summed E-state index contributed by atoms with van der Waals surface area (Å²) >= 11 is 0. The van der Waals surface area contributed by atoms with E-state index < -0.39 is 12.1 Å². The van der Waals surface area contributed by atoms with E-state index in [4.69, 9.17) is 0 Å². The monoisotopic (exact) mass is 704 g/mol. The summed E-state index contributed by atoms with van der Waals surface area (Å²) in [5.74, 6) is -0.137. The van der Waals surface area contributed by atoms with E-state index in [2.05, 4.69) is 116 Å². The van der Waals surface area contributed by atoms with Crippen molar-refractivity contribution in [2.45, 2.75) is 174 Å². The molecule has 0 radical (unpaired) electrons. The number of carbonyl (C=O) groups excluding carboxylic acids is 1. The average Bonchev–Trinajstić information content (AvgIpc) is 3.13. The van der Waals surface area contributed by atoms with Crippen molar-refractivity contribution in [2.75, 3.05) is 6.61 Å². The fourth-order valence-electron chi connectivity index (χ4n) is 5.36. The van der Waals surface area contributed by atoms with Gasteiger partial charge >= 0.3 is 0 Å². The van der Waals surface area contributed by atoms with Crippen molar-refractivity contribution in [3.05, 3.63) is 109 Å². The van der Waals surface area contributed by atoms with Crippen LogP contribution in [0.25, 0.3) is 0 Å². The van der Waals surface area contributed by atoms with Crippen LogP contribution in [0.15, 0.2) is 109 Å². The Morgan fingerprint density at radius 3 is 1.37 bits per heavy atom. The van der Waals surface area contributed by atoms with Crippen molar-refractivity contribution in [3.63, 3.8) is 0 Å². The summed E-state index contributed by atoms with van der Waals surface area (Å²) in [4.78, 5) is 12.3. The largest absolute Gasteiger partial charge is 0.394 e. The molecule has 4 nitrogen and oxygen atoms in total. The summed E-state index contributed by atoms with van der Waals surface area (Å²) in [7, 11) is 0. The number of hydrogen-bond donors (Lipinski definition) is 3. The molecule has 0 aliphatic rings. The minimum Gasteiger partial charge on any atom is -0.394 e. The summed E-state index contributed by atoms with van der Waals surface area (Å²) in [6, 6.07) is -0.677. The van der Waals surface area contributed by atoms with Crippen LogP contribution in [-0.4, -0.2) is 34.9 Å². The molecule has 51 heavy (non-hydrogen) atoms. The van der Waals surface area contributed by atoms with Crippen molar-refractivity contribution in [3.8, 4) is 0 Å². The molecule has 0 spiro atoms. The second-order valence-electron chi connectivity index (χ2n) is 13.3. The summed E-state index contributed by atoms with van der Waals surface area (Å²) < 4.78 is 0. The van der Waals surface area contributed by atoms with Gasteiger partial charge in [0.2, 0.25) is 5.91 Å². The lowest BCUT2D eigenvalue weighted by molar-refractivity contribution is -0.122. The number of hydrogen-bond acceptors (Lipinski definition) is 3. The quantitative estimate of drug-likeness (QED) is 0.0454. The molecule has 0 aliphatic carbocycles. The molecule has 1 amide bonds. The van der Waals surface area contributed by atoms with E-state index in [-0.39, 0.29) is 12.5 Å². The molecule has 0 aliphatic heterocycles. The highest BCUT2D eigenvalue weighted by Crippen LogP contribution is 2.12. The SMILES string of the molecule is CC/C=C\C/C=C\C/C=C\C/C=C\C/C=C\C/C=C\C/C=C\CCCC(=O)NC(CO)C(O)/C=C/CC/C=C/CCCCCCCCCCCC. The standard InChI is InChI=1S/C47H77NO3/c1-3-5-7-9-11-13-15-17-19-21-22-23-24-25-26-27-29-31-33-35-37-39-41-43-47(51)48-45(44-49)46(50)42-40-38-36-34-32-30-28-20-18-16-14-12-10-8-6-4-2/h5,7,11,13,17,19,22-23,25-26,29,31-32,34-35,37,40,42,45-46,49-50H,3-4,6,8-10,12,14-16,18,20-21,24,27-28,30,33,36,38-39,41,43-44H2,1-2H3,(H,48,51)/b7-5-,13-11-,19-17-,23-22-,26-25-,31-29-,34-32+,37-35-,42-40+. The summed E-state index contributed by atoms with van der Waals surface area (Å²) in [6.45, 7) is 4.13. The summed E-state index contributed by atoms with van der Waals surface area (Å²) in [6.07, 6.45) is 63.3. The van der Waals surface area contributed by atoms with Crippen LogP contribution in [-0.2, 0) is 4.79 Å². The van der Waals surface area contributed by atoms with E-state index in [1.165, 1.54) is 64.2 Å². The predicted octanol–water partition coefficient (Wildman–Crippen LogP) is 12.8. The van der Waals surface area contributed by atoms with Gasteiger partial charge in [-0.3, -0.25) is 4.79 Å². The van der Waals surface area contributed by atoms with E-state index in [1.54, 1.807) is 6.08 Å². The van der Waals surface area contributed by atoms with Gasteiger partial charge in [-0.15, -0.1) is 0 Å². The number of allylic oxidation sites excluding steroid dienone is 17. The molecule has 0 saturated carbocycles. The van der Waals surface area contributed by atoms with Gasteiger partial charge in [0.15, 0.2) is 0 Å². The smallest absolute Gasteiger partial charge is 0.220 e. The Kier molecular flexibility index (Phi) is 39.1. The molecule has 0 bridgehead atoms. The van der Waals surface area contributed by atoms with Crippen LogP contribution >= 0.6 is 0 Å². The van der Waals surface area contributed by atoms with Crippen molar-refractivity contribution in [1.29, 1.82) is 0 Å². The van der Waals surface area contributed by atoms with Gasteiger partial charge < -0.3 is 15.5 Å². The van der Waals surface area contributed by atoms with Crippen LogP contribution in [0.1, 0.15) is 162 Å². The molecule has 2 unspecified atom stereocenters. The number of nitrogens with one attached hydrogen (secondary N) is 1. The molecular weight excluding hydrogens is 627 g/mol. The molecule has 0 rings (SSSR count). The summed E-state index contributed by atoms with van der Waals surface area (Å²) in [5.41, 5.74) is 0. The van der Waals surface area contributed by atoms with Crippen LogP contribution < -0.4 is 5.32 Å². The highest BCUT2D eigenvalue weighted by molar-refractivity contribution is 5.76. The Balaban J connectivity index is 3.83. The zero-order chi connectivity index (χ0) is 37.1. The van der Waals surface area contributed by atoms with Crippen LogP contribution in [0.3, 0.4) is 0 Å². The van der Waals surface area contributed by atoms with Gasteiger partial charge in [0.1, 0.15) is 0 Å². The molecular formula is C47H77NO3. The molecule has 0 heterocycles. The first-order valence-corrected chi connectivity index (χ1v) is 20.6. The highest BCUT2D eigenvalue weighted by atomic mass is 16.3. The van der Waals surface area contributed by atoms with Crippen LogP contribution in [0, 0.1) is 0 Å². The number of rotatable bonds is 35. The second kappa shape index (κ2) is 41.5. The highest BCUT2D eigenvalue weighted by Gasteiger charge is 2.17. The molecule has 0 saturated heterocycles. The molecule has 0 aromatic heterocycles. The van der Waals surface area contributed by atoms with E-state index in [0.717, 1.165) is 77.0 Å². The number of aliphatic hydroxyl groups is 2. The maximum absolute atomic E-state index is 12.3. The second-order valence-corrected chi connectivity index (χ2v) is 13.3. The minimum absolute atomic E-state index is 0.137. The zero-order valence-electron chi connectivity index (χ0n) is 32.8. The number of unbranched alkanes of at least 4 members (excludes halogenated alkanes) is 12. The molecule has 0 aromatic rings. The van der Waals surface area contributed by atoms with E-state index in [9.17, 15) is 15.0 Å². The Morgan fingerprint density at radius 2 is 0.882 bits per heavy atom. The van der Waals surface area contributed by atoms with Gasteiger partial charge in [-0.1, -0.05) is 181 Å². The van der Waals surface area contributed by atoms with Gasteiger partial charge in [0.25, 0.3) is 0 Å². The van der Waals surface area contributed by atoms with Gasteiger partial charge in [-0.2, -0.15) is 0 Å². The third-order valence-corrected chi connectivity index (χ3v) is 8.49. The number of amides is 1. The molecule has 2 atom stereocenters. The first-order chi connectivity index (χ1) is 25.2. The lowest BCUT2D eigenvalue weighted by Crippen LogP contribution is -2.45. The predicted molar refractivity (Wildman–Crippen MR) is 225 cm³/mol. The van der Waals surface area contributed by atoms with Crippen molar-refractivity contribution < 1.29 is 15.0 Å². The maximum Gasteiger partial charge on any atom is 0.220 e. The molecule has 3 N–H and O–H groups in total. The Labute approximate surface area is 315 Å². The van der Waals surface area contributed by atoms with Crippen molar-refractivity contribution >= 4 is 5.91 Å². The van der Waals surface area contributed by atoms with Gasteiger partial charge in [-0.05, 0) is 83.5 Å². The normalized spacial score (nSPS) is 14.2. The molecule has 4 heteroatoms. The fraction of sp³-hybridized carbons (Fsp3) is 0.596. The number of carbonyl (C=O) groups is 1. The van der Waals surface area contributed by atoms with E-state index >= 15 is 0 Å². The van der Waals surface area contributed by atoms with Crippen LogP contribution in [0.2, 0.25) is 0 Å². The zero-order valence-corrected chi connectivity index (χ0v) is 32.8. The van der Waals surface area contributed by atoms with Crippen molar-refractivity contribution in [1.82, 2.24) is 5.32 Å². The third kappa shape index (κ3) is 38.1. The summed E-state index contributed by atoms with van der Waals surface area (Å²) in [5, 5.41) is 22.9. The first-order valence-electron chi connectivity index (χ1n) is 20.6. The third-order valence-electron chi connectivity index (χ3n) is 8.49. The van der Waals surface area contributed by atoms with Crippen molar-refractivity contribution in [2.24, 2.45) is 0 Å². The Hall–Kier alpha value is -2.95. The molecule has 288 valence electrons. The molecule has 0 fully saturated rings. The maximum atomic E-state index is 12.3. The Bertz CT molecular complexity index is 1030. The van der Waals surface area contributed by atoms with Gasteiger partial charge in [-0.25, -0.2) is 0 Å². The topological polar surface area (TPSA) is 69.6 Å². The molecule has 0 aromatic carbocycles. The van der Waals surface area contributed by atoms with Gasteiger partial charge in [0.05, 0.1) is 18.8 Å². The fourth-order valence-corrected chi connectivity index (χ4v) is 5.36.